The van der Waals surface area contributed by atoms with Crippen molar-refractivity contribution in [3.8, 4) is 0 Å². The first-order valence-corrected chi connectivity index (χ1v) is 15.7. The minimum Gasteiger partial charge on any atom is -0.339 e. The molecule has 0 atom stereocenters. The Balaban J connectivity index is 1.10. The van der Waals surface area contributed by atoms with Crippen LogP contribution in [0, 0.1) is 23.7 Å². The number of rotatable bonds is 6. The number of anilines is 2. The van der Waals surface area contributed by atoms with Crippen molar-refractivity contribution < 1.29 is 19.2 Å². The summed E-state index contributed by atoms with van der Waals surface area (Å²) in [7, 11) is 0. The Labute approximate surface area is 249 Å². The third kappa shape index (κ3) is 7.39. The molecule has 5 rings (SSSR count). The first kappa shape index (κ1) is 29.8. The number of hydrogen-bond donors (Lipinski definition) is 2. The summed E-state index contributed by atoms with van der Waals surface area (Å²) in [5, 5.41) is 6.00. The van der Waals surface area contributed by atoms with Crippen LogP contribution >= 0.6 is 0 Å². The minimum absolute atomic E-state index is 0.0144. The van der Waals surface area contributed by atoms with Gasteiger partial charge in [-0.1, -0.05) is 26.0 Å². The van der Waals surface area contributed by atoms with Gasteiger partial charge in [-0.05, 0) is 99.6 Å². The van der Waals surface area contributed by atoms with E-state index in [0.29, 0.717) is 60.0 Å². The number of carbonyl (C=O) groups is 4. The molecule has 0 aromatic heterocycles. The predicted octanol–water partition coefficient (Wildman–Crippen LogP) is 5.81. The van der Waals surface area contributed by atoms with Crippen molar-refractivity contribution in [1.82, 2.24) is 9.80 Å². The molecule has 4 amide bonds. The van der Waals surface area contributed by atoms with Crippen LogP contribution in [0.4, 0.5) is 11.4 Å². The number of likely N-dealkylation sites (tertiary alicyclic amines) is 2. The highest BCUT2D eigenvalue weighted by molar-refractivity contribution is 5.99. The quantitative estimate of drug-likeness (QED) is 0.456. The van der Waals surface area contributed by atoms with Gasteiger partial charge in [0.15, 0.2) is 0 Å². The molecule has 224 valence electrons. The molecule has 8 nitrogen and oxygen atoms in total. The number of hydrogen-bond acceptors (Lipinski definition) is 4. The Bertz CT molecular complexity index is 1190. The summed E-state index contributed by atoms with van der Waals surface area (Å²) in [6.45, 7) is 7.53. The fourth-order valence-corrected chi connectivity index (χ4v) is 6.35. The summed E-state index contributed by atoms with van der Waals surface area (Å²) in [5.74, 6) is 0.844. The topological polar surface area (TPSA) is 98.8 Å². The van der Waals surface area contributed by atoms with Gasteiger partial charge in [0.1, 0.15) is 0 Å². The molecule has 2 aromatic rings. The zero-order chi connectivity index (χ0) is 29.6. The van der Waals surface area contributed by atoms with Gasteiger partial charge >= 0.3 is 0 Å². The van der Waals surface area contributed by atoms with Gasteiger partial charge in [0.05, 0.1) is 0 Å². The molecule has 2 aromatic carbocycles. The van der Waals surface area contributed by atoms with Gasteiger partial charge in [0.2, 0.25) is 11.8 Å². The van der Waals surface area contributed by atoms with E-state index in [9.17, 15) is 19.2 Å². The van der Waals surface area contributed by atoms with Crippen LogP contribution in [0.5, 0.6) is 0 Å². The summed E-state index contributed by atoms with van der Waals surface area (Å²) in [5.41, 5.74) is 2.45. The second kappa shape index (κ2) is 13.5. The van der Waals surface area contributed by atoms with E-state index in [-0.39, 0.29) is 35.5 Å². The molecule has 2 saturated heterocycles. The monoisotopic (exact) mass is 572 g/mol. The Morgan fingerprint density at radius 1 is 0.571 bits per heavy atom. The Morgan fingerprint density at radius 3 is 1.29 bits per heavy atom. The van der Waals surface area contributed by atoms with E-state index in [0.717, 1.165) is 51.9 Å². The molecule has 2 N–H and O–H groups in total. The van der Waals surface area contributed by atoms with Gasteiger partial charge in [0, 0.05) is 60.5 Å². The molecule has 0 unspecified atom stereocenters. The van der Waals surface area contributed by atoms with Gasteiger partial charge in [0.25, 0.3) is 11.8 Å². The molecule has 3 fully saturated rings. The van der Waals surface area contributed by atoms with E-state index in [2.05, 4.69) is 24.5 Å². The summed E-state index contributed by atoms with van der Waals surface area (Å²) in [6, 6.07) is 14.4. The number of nitrogens with zero attached hydrogens (tertiary/aromatic N) is 2. The number of nitrogens with one attached hydrogen (secondary N) is 2. The van der Waals surface area contributed by atoms with Gasteiger partial charge in [-0.15, -0.1) is 0 Å². The third-order valence-corrected chi connectivity index (χ3v) is 9.36. The molecular weight excluding hydrogens is 528 g/mol. The van der Waals surface area contributed by atoms with Crippen molar-refractivity contribution in [3.05, 3.63) is 59.7 Å². The van der Waals surface area contributed by atoms with E-state index >= 15 is 0 Å². The fraction of sp³-hybridized carbons (Fsp3) is 0.529. The predicted molar refractivity (Wildman–Crippen MR) is 164 cm³/mol. The molecule has 3 aliphatic rings. The summed E-state index contributed by atoms with van der Waals surface area (Å²) in [6.07, 6.45) is 6.59. The maximum atomic E-state index is 13.1. The van der Waals surface area contributed by atoms with Crippen LogP contribution in [0.2, 0.25) is 0 Å². The lowest BCUT2D eigenvalue weighted by atomic mass is 9.81. The maximum Gasteiger partial charge on any atom is 0.253 e. The molecule has 2 heterocycles. The Hall–Kier alpha value is -3.68. The molecule has 0 bridgehead atoms. The van der Waals surface area contributed by atoms with Crippen LogP contribution in [-0.2, 0) is 9.59 Å². The van der Waals surface area contributed by atoms with Crippen molar-refractivity contribution in [3.63, 3.8) is 0 Å². The third-order valence-electron chi connectivity index (χ3n) is 9.36. The van der Waals surface area contributed by atoms with Gasteiger partial charge in [-0.25, -0.2) is 0 Å². The van der Waals surface area contributed by atoms with Gasteiger partial charge < -0.3 is 20.4 Å². The highest BCUT2D eigenvalue weighted by atomic mass is 16.2. The Kier molecular flexibility index (Phi) is 9.60. The van der Waals surface area contributed by atoms with E-state index in [1.807, 2.05) is 34.1 Å². The van der Waals surface area contributed by atoms with Crippen molar-refractivity contribution in [2.75, 3.05) is 36.8 Å². The summed E-state index contributed by atoms with van der Waals surface area (Å²) >= 11 is 0. The SMILES string of the molecule is CC1CCN(C(=O)c2cccc(NC(=O)C3CCC(C(=O)Nc4cccc(C(=O)N5CCC(C)CC5)c4)CC3)c2)CC1. The van der Waals surface area contributed by atoms with Crippen LogP contribution in [-0.4, -0.2) is 59.6 Å². The molecule has 42 heavy (non-hydrogen) atoms. The molecule has 1 aliphatic carbocycles. The number of carbonyl (C=O) groups excluding carboxylic acids is 4. The molecule has 0 radical (unpaired) electrons. The van der Waals surface area contributed by atoms with Crippen LogP contribution in [0.25, 0.3) is 0 Å². The summed E-state index contributed by atoms with van der Waals surface area (Å²) < 4.78 is 0. The van der Waals surface area contributed by atoms with Gasteiger partial charge in [-0.3, -0.25) is 19.2 Å². The molecule has 2 aliphatic heterocycles. The zero-order valence-corrected chi connectivity index (χ0v) is 24.9. The van der Waals surface area contributed by atoms with E-state index in [1.165, 1.54) is 0 Å². The Morgan fingerprint density at radius 2 is 0.929 bits per heavy atom. The van der Waals surface area contributed by atoms with Crippen molar-refractivity contribution in [2.45, 2.75) is 65.2 Å². The van der Waals surface area contributed by atoms with Crippen molar-refractivity contribution in [1.29, 1.82) is 0 Å². The number of piperidine rings is 2. The van der Waals surface area contributed by atoms with Crippen LogP contribution < -0.4 is 10.6 Å². The zero-order valence-electron chi connectivity index (χ0n) is 24.9. The standard InChI is InChI=1S/C34H44N4O4/c1-23-13-17-37(18-14-23)33(41)27-5-3-7-29(21-27)35-31(39)25-9-11-26(12-10-25)32(40)36-30-8-4-6-28(22-30)34(42)38-19-15-24(2)16-20-38/h3-8,21-26H,9-20H2,1-2H3,(H,35,39)(H,36,40). The second-order valence-corrected chi connectivity index (χ2v) is 12.6. The van der Waals surface area contributed by atoms with Crippen molar-refractivity contribution >= 4 is 35.0 Å². The minimum atomic E-state index is -0.176. The average molecular weight is 573 g/mol. The first-order valence-electron chi connectivity index (χ1n) is 15.7. The lowest BCUT2D eigenvalue weighted by Crippen LogP contribution is -2.38. The van der Waals surface area contributed by atoms with Crippen LogP contribution in [0.3, 0.4) is 0 Å². The average Bonchev–Trinajstić information content (AvgIpc) is 3.01. The highest BCUT2D eigenvalue weighted by Gasteiger charge is 2.31. The van der Waals surface area contributed by atoms with Crippen LogP contribution in [0.1, 0.15) is 85.9 Å². The smallest absolute Gasteiger partial charge is 0.253 e. The van der Waals surface area contributed by atoms with E-state index in [4.69, 9.17) is 0 Å². The fourth-order valence-electron chi connectivity index (χ4n) is 6.35. The normalized spacial score (nSPS) is 22.0. The van der Waals surface area contributed by atoms with E-state index < -0.39 is 0 Å². The lowest BCUT2D eigenvalue weighted by molar-refractivity contribution is -0.125. The summed E-state index contributed by atoms with van der Waals surface area (Å²) in [4.78, 5) is 55.9. The highest BCUT2D eigenvalue weighted by Crippen LogP contribution is 2.31. The van der Waals surface area contributed by atoms with Gasteiger partial charge in [-0.2, -0.15) is 0 Å². The first-order chi connectivity index (χ1) is 20.3. The van der Waals surface area contributed by atoms with E-state index in [1.54, 1.807) is 24.3 Å². The maximum absolute atomic E-state index is 13.1. The second-order valence-electron chi connectivity index (χ2n) is 12.6. The van der Waals surface area contributed by atoms with Crippen molar-refractivity contribution in [2.24, 2.45) is 23.7 Å². The largest absolute Gasteiger partial charge is 0.339 e. The number of amides is 4. The van der Waals surface area contributed by atoms with Crippen LogP contribution in [0.15, 0.2) is 48.5 Å². The molecule has 0 spiro atoms. The number of benzene rings is 2. The lowest BCUT2D eigenvalue weighted by Gasteiger charge is -2.30. The molecule has 8 heteroatoms. The molecular formula is C34H44N4O4. The molecule has 1 saturated carbocycles.